The van der Waals surface area contributed by atoms with Crippen molar-refractivity contribution in [3.8, 4) is 11.5 Å². The fraction of sp³-hybridized carbons (Fsp3) is 0.227. The third-order valence-corrected chi connectivity index (χ3v) is 4.16. The molecule has 1 heterocycles. The second-order valence-corrected chi connectivity index (χ2v) is 6.05. The number of hydrogen-bond acceptors (Lipinski definition) is 4. The third-order valence-electron chi connectivity index (χ3n) is 4.16. The number of methoxy groups -OCH3 is 1. The van der Waals surface area contributed by atoms with Crippen molar-refractivity contribution in [2.24, 2.45) is 0 Å². The van der Waals surface area contributed by atoms with Gasteiger partial charge in [0.05, 0.1) is 26.5 Å². The highest BCUT2D eigenvalue weighted by molar-refractivity contribution is 5.94. The summed E-state index contributed by atoms with van der Waals surface area (Å²) < 4.78 is 16.1. The molecule has 0 aliphatic rings. The van der Waals surface area contributed by atoms with Gasteiger partial charge in [-0.15, -0.1) is 0 Å². The van der Waals surface area contributed by atoms with Crippen molar-refractivity contribution < 1.29 is 18.7 Å². The molecule has 0 saturated heterocycles. The predicted molar refractivity (Wildman–Crippen MR) is 103 cm³/mol. The molecule has 1 amide bonds. The Labute approximate surface area is 159 Å². The number of nitrogens with zero attached hydrogens (tertiary/aromatic N) is 1. The van der Waals surface area contributed by atoms with Gasteiger partial charge in [0, 0.05) is 12.1 Å². The average molecular weight is 365 g/mol. The summed E-state index contributed by atoms with van der Waals surface area (Å²) in [6.45, 7) is 3.39. The summed E-state index contributed by atoms with van der Waals surface area (Å²) in [5.74, 6) is 2.21. The van der Waals surface area contributed by atoms with E-state index in [-0.39, 0.29) is 5.91 Å². The van der Waals surface area contributed by atoms with E-state index >= 15 is 0 Å². The first-order chi connectivity index (χ1) is 13.2. The molecule has 27 heavy (non-hydrogen) atoms. The first kappa shape index (κ1) is 18.6. The van der Waals surface area contributed by atoms with E-state index in [1.807, 2.05) is 55.5 Å². The molecule has 2 aromatic carbocycles. The first-order valence-corrected chi connectivity index (χ1v) is 8.87. The Morgan fingerprint density at radius 1 is 0.963 bits per heavy atom. The van der Waals surface area contributed by atoms with E-state index in [0.717, 1.165) is 22.8 Å². The minimum Gasteiger partial charge on any atom is -0.497 e. The highest BCUT2D eigenvalue weighted by Crippen LogP contribution is 2.19. The van der Waals surface area contributed by atoms with Gasteiger partial charge in [0.2, 0.25) is 0 Å². The summed E-state index contributed by atoms with van der Waals surface area (Å²) in [5, 5.41) is 0. The van der Waals surface area contributed by atoms with Crippen LogP contribution in [-0.2, 0) is 13.1 Å². The van der Waals surface area contributed by atoms with Gasteiger partial charge in [0.15, 0.2) is 0 Å². The van der Waals surface area contributed by atoms with Crippen LogP contribution in [0, 0.1) is 0 Å². The van der Waals surface area contributed by atoms with E-state index in [4.69, 9.17) is 13.9 Å². The van der Waals surface area contributed by atoms with Crippen molar-refractivity contribution in [1.29, 1.82) is 0 Å². The van der Waals surface area contributed by atoms with E-state index < -0.39 is 0 Å². The number of ether oxygens (including phenoxy) is 2. The van der Waals surface area contributed by atoms with Crippen LogP contribution >= 0.6 is 0 Å². The van der Waals surface area contributed by atoms with E-state index in [9.17, 15) is 4.79 Å². The van der Waals surface area contributed by atoms with Crippen LogP contribution in [0.25, 0.3) is 0 Å². The van der Waals surface area contributed by atoms with Crippen LogP contribution in [-0.4, -0.2) is 24.5 Å². The maximum atomic E-state index is 13.1. The topological polar surface area (TPSA) is 51.9 Å². The molecule has 3 aromatic rings. The highest BCUT2D eigenvalue weighted by atomic mass is 16.5. The third kappa shape index (κ3) is 4.91. The number of rotatable bonds is 8. The van der Waals surface area contributed by atoms with E-state index in [0.29, 0.717) is 25.3 Å². The van der Waals surface area contributed by atoms with Crippen LogP contribution in [0.5, 0.6) is 11.5 Å². The number of benzene rings is 2. The SMILES string of the molecule is CCOc1ccc(C(=O)N(Cc2ccc(OC)cc2)Cc2ccco2)cc1. The molecule has 0 saturated carbocycles. The van der Waals surface area contributed by atoms with Crippen LogP contribution in [0.4, 0.5) is 0 Å². The molecule has 0 aliphatic carbocycles. The second kappa shape index (κ2) is 8.94. The van der Waals surface area contributed by atoms with Gasteiger partial charge in [-0.2, -0.15) is 0 Å². The Hall–Kier alpha value is -3.21. The second-order valence-electron chi connectivity index (χ2n) is 6.05. The Kier molecular flexibility index (Phi) is 6.15. The number of amides is 1. The molecular formula is C22H23NO4. The summed E-state index contributed by atoms with van der Waals surface area (Å²) in [7, 11) is 1.63. The highest BCUT2D eigenvalue weighted by Gasteiger charge is 2.18. The van der Waals surface area contributed by atoms with Crippen LogP contribution in [0.2, 0.25) is 0 Å². The lowest BCUT2D eigenvalue weighted by Gasteiger charge is -2.22. The van der Waals surface area contributed by atoms with Crippen LogP contribution in [0.15, 0.2) is 71.3 Å². The van der Waals surface area contributed by atoms with Gasteiger partial charge < -0.3 is 18.8 Å². The molecule has 5 nitrogen and oxygen atoms in total. The van der Waals surface area contributed by atoms with Gasteiger partial charge in [-0.05, 0) is 61.0 Å². The van der Waals surface area contributed by atoms with Crippen LogP contribution in [0.1, 0.15) is 28.6 Å². The molecule has 3 rings (SSSR count). The van der Waals surface area contributed by atoms with E-state index in [1.165, 1.54) is 0 Å². The smallest absolute Gasteiger partial charge is 0.254 e. The predicted octanol–water partition coefficient (Wildman–Crippen LogP) is 4.53. The lowest BCUT2D eigenvalue weighted by atomic mass is 10.1. The minimum absolute atomic E-state index is 0.0646. The minimum atomic E-state index is -0.0646. The van der Waals surface area contributed by atoms with Crippen molar-refractivity contribution in [3.63, 3.8) is 0 Å². The number of hydrogen-bond donors (Lipinski definition) is 0. The lowest BCUT2D eigenvalue weighted by molar-refractivity contribution is 0.0717. The normalized spacial score (nSPS) is 10.4. The summed E-state index contributed by atoms with van der Waals surface area (Å²) in [6.07, 6.45) is 1.61. The fourth-order valence-electron chi connectivity index (χ4n) is 2.78. The van der Waals surface area contributed by atoms with Gasteiger partial charge in [0.1, 0.15) is 17.3 Å². The van der Waals surface area contributed by atoms with Crippen molar-refractivity contribution >= 4 is 5.91 Å². The summed E-state index contributed by atoms with van der Waals surface area (Å²) in [5.41, 5.74) is 1.63. The molecule has 1 aromatic heterocycles. The molecule has 0 unspecified atom stereocenters. The Balaban J connectivity index is 1.80. The molecule has 0 aliphatic heterocycles. The Bertz CT molecular complexity index is 839. The zero-order chi connectivity index (χ0) is 19.1. The molecular weight excluding hydrogens is 342 g/mol. The van der Waals surface area contributed by atoms with Crippen LogP contribution in [0.3, 0.4) is 0 Å². The van der Waals surface area contributed by atoms with Crippen molar-refractivity contribution in [1.82, 2.24) is 4.90 Å². The molecule has 0 bridgehead atoms. The van der Waals surface area contributed by atoms with Crippen molar-refractivity contribution in [2.45, 2.75) is 20.0 Å². The molecule has 5 heteroatoms. The summed E-state index contributed by atoms with van der Waals surface area (Å²) in [4.78, 5) is 14.8. The molecule has 0 spiro atoms. The Morgan fingerprint density at radius 3 is 2.26 bits per heavy atom. The van der Waals surface area contributed by atoms with E-state index in [2.05, 4.69) is 0 Å². The number of furan rings is 1. The molecule has 0 atom stereocenters. The number of carbonyl (C=O) groups excluding carboxylic acids is 1. The largest absolute Gasteiger partial charge is 0.497 e. The standard InChI is InChI=1S/C22H23NO4/c1-3-26-20-12-8-18(9-13-20)22(24)23(16-21-5-4-14-27-21)15-17-6-10-19(25-2)11-7-17/h4-14H,3,15-16H2,1-2H3. The van der Waals surface area contributed by atoms with Gasteiger partial charge in [-0.3, -0.25) is 4.79 Å². The maximum Gasteiger partial charge on any atom is 0.254 e. The van der Waals surface area contributed by atoms with Gasteiger partial charge in [0.25, 0.3) is 5.91 Å². The summed E-state index contributed by atoms with van der Waals surface area (Å²) in [6, 6.07) is 18.6. The van der Waals surface area contributed by atoms with Gasteiger partial charge in [-0.25, -0.2) is 0 Å². The first-order valence-electron chi connectivity index (χ1n) is 8.87. The van der Waals surface area contributed by atoms with Crippen molar-refractivity contribution in [3.05, 3.63) is 83.8 Å². The fourth-order valence-corrected chi connectivity index (χ4v) is 2.78. The summed E-state index contributed by atoms with van der Waals surface area (Å²) >= 11 is 0. The molecule has 0 fully saturated rings. The van der Waals surface area contributed by atoms with Crippen molar-refractivity contribution in [2.75, 3.05) is 13.7 Å². The molecule has 140 valence electrons. The zero-order valence-electron chi connectivity index (χ0n) is 15.6. The Morgan fingerprint density at radius 2 is 1.67 bits per heavy atom. The average Bonchev–Trinajstić information content (AvgIpc) is 3.21. The van der Waals surface area contributed by atoms with Gasteiger partial charge in [-0.1, -0.05) is 12.1 Å². The van der Waals surface area contributed by atoms with Crippen LogP contribution < -0.4 is 9.47 Å². The maximum absolute atomic E-state index is 13.1. The quantitative estimate of drug-likeness (QED) is 0.588. The molecule has 0 radical (unpaired) electrons. The zero-order valence-corrected chi connectivity index (χ0v) is 15.6. The van der Waals surface area contributed by atoms with Gasteiger partial charge >= 0.3 is 0 Å². The van der Waals surface area contributed by atoms with E-state index in [1.54, 1.807) is 30.4 Å². The lowest BCUT2D eigenvalue weighted by Crippen LogP contribution is -2.30. The monoisotopic (exact) mass is 365 g/mol. The molecule has 0 N–H and O–H groups in total. The number of carbonyl (C=O) groups is 1.